The maximum Gasteiger partial charge on any atom is 0.126 e. The Hall–Kier alpha value is -1.35. The lowest BCUT2D eigenvalue weighted by molar-refractivity contribution is 0.483. The Bertz CT molecular complexity index is 569. The summed E-state index contributed by atoms with van der Waals surface area (Å²) in [7, 11) is 0. The second-order valence-corrected chi connectivity index (χ2v) is 6.22. The van der Waals surface area contributed by atoms with Crippen LogP contribution in [0, 0.1) is 12.8 Å². The predicted molar refractivity (Wildman–Crippen MR) is 85.8 cm³/mol. The van der Waals surface area contributed by atoms with Crippen LogP contribution in [-0.2, 0) is 6.54 Å². The van der Waals surface area contributed by atoms with E-state index >= 15 is 0 Å². The molecule has 0 saturated heterocycles. The molecule has 0 bridgehead atoms. The lowest BCUT2D eigenvalue weighted by Gasteiger charge is -2.16. The van der Waals surface area contributed by atoms with Gasteiger partial charge in [-0.25, -0.2) is 4.98 Å². The number of imidazole rings is 1. The summed E-state index contributed by atoms with van der Waals surface area (Å²) in [6.45, 7) is 9.77. The molecule has 0 aliphatic heterocycles. The Morgan fingerprint density at radius 3 is 2.70 bits per heavy atom. The van der Waals surface area contributed by atoms with E-state index < -0.39 is 0 Å². The fourth-order valence-electron chi connectivity index (χ4n) is 2.65. The lowest BCUT2D eigenvalue weighted by atomic mass is 10.1. The molecule has 0 aliphatic carbocycles. The predicted octanol–water partition coefficient (Wildman–Crippen LogP) is 4.19. The Labute approximate surface area is 122 Å². The van der Waals surface area contributed by atoms with E-state index in [2.05, 4.69) is 50.5 Å². The lowest BCUT2D eigenvalue weighted by Crippen LogP contribution is -2.18. The van der Waals surface area contributed by atoms with Crippen molar-refractivity contribution in [1.82, 2.24) is 9.55 Å². The highest BCUT2D eigenvalue weighted by Gasteiger charge is 2.17. The molecule has 2 aromatic rings. The molecule has 3 heteroatoms. The number of hydrogen-bond donors (Lipinski definition) is 1. The number of hydrogen-bond acceptors (Lipinski definition) is 2. The summed E-state index contributed by atoms with van der Waals surface area (Å²) < 4.78 is 2.32. The van der Waals surface area contributed by atoms with E-state index in [1.807, 2.05) is 0 Å². The van der Waals surface area contributed by atoms with Crippen molar-refractivity contribution in [3.05, 3.63) is 29.6 Å². The van der Waals surface area contributed by atoms with E-state index in [0.717, 1.165) is 30.7 Å². The third kappa shape index (κ3) is 3.21. The van der Waals surface area contributed by atoms with E-state index in [1.165, 1.54) is 17.5 Å². The van der Waals surface area contributed by atoms with Crippen LogP contribution in [0.15, 0.2) is 18.2 Å². The minimum Gasteiger partial charge on any atom is -0.326 e. The Kier molecular flexibility index (Phi) is 4.81. The average molecular weight is 273 g/mol. The first-order chi connectivity index (χ1) is 9.52. The van der Waals surface area contributed by atoms with Gasteiger partial charge in [-0.3, -0.25) is 0 Å². The Morgan fingerprint density at radius 1 is 1.30 bits per heavy atom. The zero-order chi connectivity index (χ0) is 14.7. The molecule has 1 unspecified atom stereocenters. The first-order valence-electron chi connectivity index (χ1n) is 7.75. The standard InChI is InChI=1S/C17H27N3/c1-5-6-7-14(18)17-19-15-10-13(4)8-9-16(15)20(17)11-12(2)3/h8-10,12,14H,5-7,11,18H2,1-4H3. The molecule has 1 atom stereocenters. The summed E-state index contributed by atoms with van der Waals surface area (Å²) in [4.78, 5) is 4.82. The highest BCUT2D eigenvalue weighted by Crippen LogP contribution is 2.24. The van der Waals surface area contributed by atoms with E-state index in [1.54, 1.807) is 0 Å². The van der Waals surface area contributed by atoms with Crippen LogP contribution >= 0.6 is 0 Å². The summed E-state index contributed by atoms with van der Waals surface area (Å²) >= 11 is 0. The van der Waals surface area contributed by atoms with Gasteiger partial charge in [0.05, 0.1) is 17.1 Å². The zero-order valence-corrected chi connectivity index (χ0v) is 13.2. The van der Waals surface area contributed by atoms with Crippen LogP contribution < -0.4 is 5.73 Å². The number of benzene rings is 1. The SMILES string of the molecule is CCCCC(N)c1nc2cc(C)ccc2n1CC(C)C. The molecule has 0 spiro atoms. The van der Waals surface area contributed by atoms with Crippen molar-refractivity contribution >= 4 is 11.0 Å². The molecule has 2 N–H and O–H groups in total. The molecule has 3 nitrogen and oxygen atoms in total. The largest absolute Gasteiger partial charge is 0.326 e. The quantitative estimate of drug-likeness (QED) is 0.857. The normalized spacial score (nSPS) is 13.3. The van der Waals surface area contributed by atoms with Crippen molar-refractivity contribution in [3.63, 3.8) is 0 Å². The number of unbranched alkanes of at least 4 members (excludes halogenated alkanes) is 1. The molecule has 0 aliphatic rings. The van der Waals surface area contributed by atoms with Gasteiger partial charge in [0.2, 0.25) is 0 Å². The highest BCUT2D eigenvalue weighted by molar-refractivity contribution is 5.77. The maximum absolute atomic E-state index is 6.38. The summed E-state index contributed by atoms with van der Waals surface area (Å²) in [6.07, 6.45) is 3.35. The van der Waals surface area contributed by atoms with Crippen molar-refractivity contribution in [1.29, 1.82) is 0 Å². The van der Waals surface area contributed by atoms with Gasteiger partial charge in [-0.2, -0.15) is 0 Å². The highest BCUT2D eigenvalue weighted by atomic mass is 15.1. The first-order valence-corrected chi connectivity index (χ1v) is 7.75. The van der Waals surface area contributed by atoms with Crippen molar-refractivity contribution < 1.29 is 0 Å². The number of aryl methyl sites for hydroxylation is 1. The summed E-state index contributed by atoms with van der Waals surface area (Å²) in [5.41, 5.74) is 9.92. The van der Waals surface area contributed by atoms with Crippen LogP contribution in [0.4, 0.5) is 0 Å². The fourth-order valence-corrected chi connectivity index (χ4v) is 2.65. The molecular formula is C17H27N3. The average Bonchev–Trinajstić information content (AvgIpc) is 2.73. The third-order valence-corrected chi connectivity index (χ3v) is 3.68. The smallest absolute Gasteiger partial charge is 0.126 e. The number of aromatic nitrogens is 2. The van der Waals surface area contributed by atoms with Crippen LogP contribution in [0.3, 0.4) is 0 Å². The number of nitrogens with zero attached hydrogens (tertiary/aromatic N) is 2. The molecule has 0 saturated carbocycles. The van der Waals surface area contributed by atoms with E-state index in [-0.39, 0.29) is 6.04 Å². The number of rotatable bonds is 6. The summed E-state index contributed by atoms with van der Waals surface area (Å²) in [6, 6.07) is 6.53. The van der Waals surface area contributed by atoms with Gasteiger partial charge in [-0.15, -0.1) is 0 Å². The molecule has 2 rings (SSSR count). The van der Waals surface area contributed by atoms with Gasteiger partial charge in [-0.05, 0) is 37.0 Å². The maximum atomic E-state index is 6.38. The molecule has 0 fully saturated rings. The molecule has 0 radical (unpaired) electrons. The van der Waals surface area contributed by atoms with Gasteiger partial charge in [0.25, 0.3) is 0 Å². The van der Waals surface area contributed by atoms with Crippen molar-refractivity contribution in [2.45, 2.75) is 59.5 Å². The van der Waals surface area contributed by atoms with Gasteiger partial charge >= 0.3 is 0 Å². The molecule has 1 heterocycles. The monoisotopic (exact) mass is 273 g/mol. The molecule has 110 valence electrons. The molecule has 1 aromatic heterocycles. The Morgan fingerprint density at radius 2 is 2.05 bits per heavy atom. The molecule has 0 amide bonds. The second kappa shape index (κ2) is 6.40. The van der Waals surface area contributed by atoms with Gasteiger partial charge in [-0.1, -0.05) is 39.7 Å². The van der Waals surface area contributed by atoms with Crippen molar-refractivity contribution in [3.8, 4) is 0 Å². The van der Waals surface area contributed by atoms with E-state index in [4.69, 9.17) is 10.7 Å². The van der Waals surface area contributed by atoms with Crippen molar-refractivity contribution in [2.75, 3.05) is 0 Å². The molecule has 1 aromatic carbocycles. The minimum atomic E-state index is 0.0430. The van der Waals surface area contributed by atoms with E-state index in [0.29, 0.717) is 5.92 Å². The zero-order valence-electron chi connectivity index (χ0n) is 13.2. The van der Waals surface area contributed by atoms with Crippen LogP contribution in [0.5, 0.6) is 0 Å². The van der Waals surface area contributed by atoms with Crippen LogP contribution in [0.2, 0.25) is 0 Å². The fraction of sp³-hybridized carbons (Fsp3) is 0.588. The first kappa shape index (κ1) is 15.0. The Balaban J connectivity index is 2.45. The minimum absolute atomic E-state index is 0.0430. The van der Waals surface area contributed by atoms with Crippen molar-refractivity contribution in [2.24, 2.45) is 11.7 Å². The van der Waals surface area contributed by atoms with Gasteiger partial charge in [0.1, 0.15) is 5.82 Å². The summed E-state index contributed by atoms with van der Waals surface area (Å²) in [5, 5.41) is 0. The topological polar surface area (TPSA) is 43.8 Å². The number of fused-ring (bicyclic) bond motifs is 1. The third-order valence-electron chi connectivity index (χ3n) is 3.68. The molecule has 20 heavy (non-hydrogen) atoms. The van der Waals surface area contributed by atoms with Gasteiger partial charge in [0, 0.05) is 6.54 Å². The van der Waals surface area contributed by atoms with E-state index in [9.17, 15) is 0 Å². The molecular weight excluding hydrogens is 246 g/mol. The number of nitrogens with two attached hydrogens (primary N) is 1. The summed E-state index contributed by atoms with van der Waals surface area (Å²) in [5.74, 6) is 1.64. The second-order valence-electron chi connectivity index (χ2n) is 6.22. The van der Waals surface area contributed by atoms with Crippen LogP contribution in [-0.4, -0.2) is 9.55 Å². The van der Waals surface area contributed by atoms with Crippen LogP contribution in [0.25, 0.3) is 11.0 Å². The van der Waals surface area contributed by atoms with Crippen LogP contribution in [0.1, 0.15) is 57.5 Å². The van der Waals surface area contributed by atoms with Gasteiger partial charge in [0.15, 0.2) is 0 Å². The van der Waals surface area contributed by atoms with Gasteiger partial charge < -0.3 is 10.3 Å².